The van der Waals surface area contributed by atoms with Gasteiger partial charge in [-0.25, -0.2) is 4.68 Å². The first-order valence-electron chi connectivity index (χ1n) is 6.10. The quantitative estimate of drug-likeness (QED) is 0.775. The molecule has 0 saturated carbocycles. The summed E-state index contributed by atoms with van der Waals surface area (Å²) in [5, 5.41) is 13.0. The van der Waals surface area contributed by atoms with Crippen LogP contribution in [0, 0.1) is 11.3 Å². The SMILES string of the molecule is CN(Cc1cccc(C#N)c1)Cn1ncc(Br)c(Br)c1=O. The third kappa shape index (κ3) is 4.00. The molecule has 0 bridgehead atoms. The maximum Gasteiger partial charge on any atom is 0.283 e. The van der Waals surface area contributed by atoms with E-state index in [-0.39, 0.29) is 5.56 Å². The highest BCUT2D eigenvalue weighted by Crippen LogP contribution is 2.16. The maximum atomic E-state index is 12.0. The zero-order valence-corrected chi connectivity index (χ0v) is 14.4. The van der Waals surface area contributed by atoms with E-state index in [4.69, 9.17) is 5.26 Å². The molecule has 1 aromatic heterocycles. The summed E-state index contributed by atoms with van der Waals surface area (Å²) < 4.78 is 2.47. The fourth-order valence-electron chi connectivity index (χ4n) is 1.88. The van der Waals surface area contributed by atoms with Crippen molar-refractivity contribution in [3.05, 3.63) is 60.9 Å². The van der Waals surface area contributed by atoms with Gasteiger partial charge in [0.1, 0.15) is 4.47 Å². The second-order valence-electron chi connectivity index (χ2n) is 4.58. The van der Waals surface area contributed by atoms with E-state index in [1.54, 1.807) is 12.3 Å². The molecule has 2 rings (SSSR count). The first-order chi connectivity index (χ1) is 10.0. The lowest BCUT2D eigenvalue weighted by Crippen LogP contribution is -2.31. The molecule has 1 aromatic carbocycles. The first-order valence-corrected chi connectivity index (χ1v) is 7.68. The van der Waals surface area contributed by atoms with Gasteiger partial charge in [0.05, 0.1) is 29.0 Å². The van der Waals surface area contributed by atoms with Gasteiger partial charge in [0.2, 0.25) is 0 Å². The number of halogens is 2. The number of hydrogen-bond donors (Lipinski definition) is 0. The molecule has 0 unspecified atom stereocenters. The molecule has 0 aliphatic carbocycles. The van der Waals surface area contributed by atoms with E-state index < -0.39 is 0 Å². The Kier molecular flexibility index (Phi) is 5.28. The van der Waals surface area contributed by atoms with Gasteiger partial charge in [-0.15, -0.1) is 0 Å². The molecular formula is C14H12Br2N4O. The molecule has 7 heteroatoms. The van der Waals surface area contributed by atoms with Crippen molar-refractivity contribution < 1.29 is 0 Å². The molecule has 0 fully saturated rings. The Hall–Kier alpha value is -1.49. The molecule has 0 amide bonds. The van der Waals surface area contributed by atoms with Crippen molar-refractivity contribution >= 4 is 31.9 Å². The molecule has 1 heterocycles. The summed E-state index contributed by atoms with van der Waals surface area (Å²) in [6.07, 6.45) is 1.58. The minimum atomic E-state index is -0.193. The van der Waals surface area contributed by atoms with E-state index in [0.29, 0.717) is 27.7 Å². The standard InChI is InChI=1S/C14H12Br2N4O/c1-19(8-11-4-2-3-10(5-11)6-17)9-20-14(21)13(16)12(15)7-18-20/h2-5,7H,8-9H2,1H3. The van der Waals surface area contributed by atoms with Gasteiger partial charge in [-0.2, -0.15) is 10.4 Å². The largest absolute Gasteiger partial charge is 0.283 e. The topological polar surface area (TPSA) is 61.9 Å². The number of hydrogen-bond acceptors (Lipinski definition) is 4. The minimum Gasteiger partial charge on any atom is -0.283 e. The van der Waals surface area contributed by atoms with Gasteiger partial charge >= 0.3 is 0 Å². The lowest BCUT2D eigenvalue weighted by atomic mass is 10.1. The van der Waals surface area contributed by atoms with Crippen molar-refractivity contribution in [2.75, 3.05) is 7.05 Å². The Balaban J connectivity index is 2.12. The average Bonchev–Trinajstić information content (AvgIpc) is 2.48. The van der Waals surface area contributed by atoms with E-state index in [9.17, 15) is 4.79 Å². The first kappa shape index (κ1) is 15.9. The van der Waals surface area contributed by atoms with E-state index in [2.05, 4.69) is 43.0 Å². The predicted molar refractivity (Wildman–Crippen MR) is 86.5 cm³/mol. The molecule has 5 nitrogen and oxygen atoms in total. The molecule has 0 aliphatic heterocycles. The van der Waals surface area contributed by atoms with Crippen LogP contribution in [0.1, 0.15) is 11.1 Å². The maximum absolute atomic E-state index is 12.0. The number of nitriles is 1. The number of rotatable bonds is 4. The summed E-state index contributed by atoms with van der Waals surface area (Å²) in [4.78, 5) is 14.0. The summed E-state index contributed by atoms with van der Waals surface area (Å²) in [6, 6.07) is 9.52. The van der Waals surface area contributed by atoms with Crippen molar-refractivity contribution in [3.8, 4) is 6.07 Å². The van der Waals surface area contributed by atoms with Crippen LogP contribution in [0.3, 0.4) is 0 Å². The summed E-state index contributed by atoms with van der Waals surface area (Å²) >= 11 is 6.48. The highest BCUT2D eigenvalue weighted by molar-refractivity contribution is 9.13. The van der Waals surface area contributed by atoms with E-state index in [1.165, 1.54) is 4.68 Å². The molecule has 0 saturated heterocycles. The zero-order valence-electron chi connectivity index (χ0n) is 11.3. The van der Waals surface area contributed by atoms with Gasteiger partial charge in [-0.1, -0.05) is 12.1 Å². The number of nitrogens with zero attached hydrogens (tertiary/aromatic N) is 4. The van der Waals surface area contributed by atoms with Gasteiger partial charge < -0.3 is 0 Å². The molecule has 0 N–H and O–H groups in total. The van der Waals surface area contributed by atoms with Gasteiger partial charge in [0.25, 0.3) is 5.56 Å². The molecule has 108 valence electrons. The Morgan fingerprint density at radius 2 is 2.19 bits per heavy atom. The highest BCUT2D eigenvalue weighted by atomic mass is 79.9. The lowest BCUT2D eigenvalue weighted by molar-refractivity contribution is 0.239. The smallest absolute Gasteiger partial charge is 0.283 e. The second-order valence-corrected chi connectivity index (χ2v) is 6.23. The Morgan fingerprint density at radius 3 is 2.90 bits per heavy atom. The summed E-state index contributed by atoms with van der Waals surface area (Å²) in [5.74, 6) is 0. The predicted octanol–water partition coefficient (Wildman–Crippen LogP) is 2.73. The van der Waals surface area contributed by atoms with Crippen LogP contribution in [0.4, 0.5) is 0 Å². The second kappa shape index (κ2) is 6.98. The summed E-state index contributed by atoms with van der Waals surface area (Å²) in [6.45, 7) is 0.985. The van der Waals surface area contributed by atoms with Gasteiger partial charge in [-0.3, -0.25) is 9.69 Å². The fourth-order valence-corrected chi connectivity index (χ4v) is 2.44. The van der Waals surface area contributed by atoms with Crippen LogP contribution in [-0.2, 0) is 13.2 Å². The highest BCUT2D eigenvalue weighted by Gasteiger charge is 2.09. The molecule has 21 heavy (non-hydrogen) atoms. The molecule has 0 aliphatic rings. The van der Waals surface area contributed by atoms with Crippen LogP contribution in [0.15, 0.2) is 44.2 Å². The number of aromatic nitrogens is 2. The fraction of sp³-hybridized carbons (Fsp3) is 0.214. The van der Waals surface area contributed by atoms with Crippen LogP contribution >= 0.6 is 31.9 Å². The van der Waals surface area contributed by atoms with Crippen molar-refractivity contribution in [3.63, 3.8) is 0 Å². The molecule has 0 atom stereocenters. The van der Waals surface area contributed by atoms with Crippen molar-refractivity contribution in [1.29, 1.82) is 5.26 Å². The molecular weight excluding hydrogens is 400 g/mol. The van der Waals surface area contributed by atoms with Crippen LogP contribution in [0.25, 0.3) is 0 Å². The van der Waals surface area contributed by atoms with Crippen LogP contribution < -0.4 is 5.56 Å². The minimum absolute atomic E-state index is 0.193. The molecule has 0 radical (unpaired) electrons. The Bertz CT molecular complexity index is 751. The van der Waals surface area contributed by atoms with E-state index >= 15 is 0 Å². The zero-order chi connectivity index (χ0) is 15.4. The monoisotopic (exact) mass is 410 g/mol. The average molecular weight is 412 g/mol. The van der Waals surface area contributed by atoms with Crippen LogP contribution in [-0.4, -0.2) is 21.7 Å². The number of benzene rings is 1. The normalized spacial score (nSPS) is 10.6. The van der Waals surface area contributed by atoms with Gasteiger partial charge in [0.15, 0.2) is 0 Å². The van der Waals surface area contributed by atoms with Crippen molar-refractivity contribution in [2.45, 2.75) is 13.2 Å². The Morgan fingerprint density at radius 1 is 1.43 bits per heavy atom. The third-order valence-electron chi connectivity index (χ3n) is 2.83. The van der Waals surface area contributed by atoms with E-state index in [0.717, 1.165) is 5.56 Å². The van der Waals surface area contributed by atoms with Crippen LogP contribution in [0.2, 0.25) is 0 Å². The van der Waals surface area contributed by atoms with Crippen molar-refractivity contribution in [1.82, 2.24) is 14.7 Å². The third-order valence-corrected chi connectivity index (χ3v) is 4.73. The summed E-state index contributed by atoms with van der Waals surface area (Å²) in [7, 11) is 1.89. The van der Waals surface area contributed by atoms with E-state index in [1.807, 2.05) is 30.1 Å². The Labute approximate surface area is 139 Å². The van der Waals surface area contributed by atoms with Gasteiger partial charge in [-0.05, 0) is 56.6 Å². The van der Waals surface area contributed by atoms with Crippen molar-refractivity contribution in [2.24, 2.45) is 0 Å². The van der Waals surface area contributed by atoms with Crippen LogP contribution in [0.5, 0.6) is 0 Å². The van der Waals surface area contributed by atoms with Gasteiger partial charge in [0, 0.05) is 6.54 Å². The lowest BCUT2D eigenvalue weighted by Gasteiger charge is -2.17. The molecule has 2 aromatic rings. The molecule has 0 spiro atoms. The summed E-state index contributed by atoms with van der Waals surface area (Å²) in [5.41, 5.74) is 1.45.